The summed E-state index contributed by atoms with van der Waals surface area (Å²) in [6, 6.07) is 13.7. The largest absolute Gasteiger partial charge is 0.497 e. The number of hydrogen-bond donors (Lipinski definition) is 2. The van der Waals surface area contributed by atoms with E-state index in [1.165, 1.54) is 12.3 Å². The van der Waals surface area contributed by atoms with Crippen molar-refractivity contribution in [3.05, 3.63) is 83.8 Å². The van der Waals surface area contributed by atoms with Crippen LogP contribution in [0.5, 0.6) is 5.75 Å². The van der Waals surface area contributed by atoms with Gasteiger partial charge < -0.3 is 24.2 Å². The number of benzene rings is 1. The zero-order valence-corrected chi connectivity index (χ0v) is 16.0. The fourth-order valence-electron chi connectivity index (χ4n) is 2.63. The molecule has 7 heteroatoms. The van der Waals surface area contributed by atoms with Gasteiger partial charge in [-0.3, -0.25) is 9.59 Å². The second-order valence-electron chi connectivity index (χ2n) is 6.19. The lowest BCUT2D eigenvalue weighted by Gasteiger charge is -2.11. The summed E-state index contributed by atoms with van der Waals surface area (Å²) in [4.78, 5) is 25.2. The number of hydrogen-bond acceptors (Lipinski definition) is 5. The van der Waals surface area contributed by atoms with Crippen molar-refractivity contribution in [2.45, 2.75) is 12.8 Å². The summed E-state index contributed by atoms with van der Waals surface area (Å²) in [5.41, 5.74) is 0.500. The van der Waals surface area contributed by atoms with Gasteiger partial charge in [-0.15, -0.1) is 0 Å². The predicted molar refractivity (Wildman–Crippen MR) is 107 cm³/mol. The quantitative estimate of drug-likeness (QED) is 0.429. The number of nitrogens with one attached hydrogen (secondary N) is 2. The first-order chi connectivity index (χ1) is 14.2. The van der Waals surface area contributed by atoms with Crippen LogP contribution in [0, 0.1) is 0 Å². The fraction of sp³-hybridized carbons (Fsp3) is 0.182. The molecule has 7 nitrogen and oxygen atoms in total. The lowest BCUT2D eigenvalue weighted by atomic mass is 10.2. The monoisotopic (exact) mass is 394 g/mol. The molecule has 1 aromatic carbocycles. The molecule has 0 aliphatic carbocycles. The summed E-state index contributed by atoms with van der Waals surface area (Å²) in [5, 5.41) is 5.46. The average molecular weight is 394 g/mol. The van der Waals surface area contributed by atoms with Gasteiger partial charge in [0.2, 0.25) is 0 Å². The highest BCUT2D eigenvalue weighted by Crippen LogP contribution is 2.12. The normalized spacial score (nSPS) is 11.1. The Balaban J connectivity index is 1.63. The molecule has 0 aliphatic rings. The van der Waals surface area contributed by atoms with Gasteiger partial charge in [-0.2, -0.15) is 0 Å². The zero-order chi connectivity index (χ0) is 20.5. The maximum absolute atomic E-state index is 12.6. The summed E-state index contributed by atoms with van der Waals surface area (Å²) in [7, 11) is 1.55. The molecule has 0 aliphatic heterocycles. The first kappa shape index (κ1) is 20.0. The van der Waals surface area contributed by atoms with Crippen molar-refractivity contribution < 1.29 is 23.2 Å². The van der Waals surface area contributed by atoms with Gasteiger partial charge in [0.15, 0.2) is 0 Å². The van der Waals surface area contributed by atoms with Crippen molar-refractivity contribution in [3.8, 4) is 5.75 Å². The highest BCUT2D eigenvalue weighted by atomic mass is 16.5. The molecule has 150 valence electrons. The van der Waals surface area contributed by atoms with E-state index in [9.17, 15) is 9.59 Å². The van der Waals surface area contributed by atoms with E-state index in [1.54, 1.807) is 49.8 Å². The topological polar surface area (TPSA) is 93.7 Å². The molecule has 2 heterocycles. The molecule has 2 aromatic heterocycles. The summed E-state index contributed by atoms with van der Waals surface area (Å²) >= 11 is 0. The van der Waals surface area contributed by atoms with Crippen LogP contribution < -0.4 is 15.4 Å². The zero-order valence-electron chi connectivity index (χ0n) is 16.0. The first-order valence-corrected chi connectivity index (χ1v) is 9.17. The van der Waals surface area contributed by atoms with E-state index in [4.69, 9.17) is 13.6 Å². The van der Waals surface area contributed by atoms with E-state index < -0.39 is 11.8 Å². The van der Waals surface area contributed by atoms with Crippen LogP contribution in [0.15, 0.2) is 75.6 Å². The maximum atomic E-state index is 12.6. The molecule has 2 N–H and O–H groups in total. The van der Waals surface area contributed by atoms with Crippen molar-refractivity contribution in [2.24, 2.45) is 0 Å². The third kappa shape index (κ3) is 5.87. The number of methoxy groups -OCH3 is 1. The fourth-order valence-corrected chi connectivity index (χ4v) is 2.63. The third-order valence-corrected chi connectivity index (χ3v) is 4.14. The van der Waals surface area contributed by atoms with E-state index in [0.29, 0.717) is 36.5 Å². The Bertz CT molecular complexity index is 942. The van der Waals surface area contributed by atoms with Gasteiger partial charge in [0.1, 0.15) is 23.0 Å². The minimum Gasteiger partial charge on any atom is -0.497 e. The highest BCUT2D eigenvalue weighted by Gasteiger charge is 2.15. The summed E-state index contributed by atoms with van der Waals surface area (Å²) in [6.45, 7) is 0.438. The SMILES string of the molecule is COc1ccc(C(=O)N/C(=C\c2ccco2)C(=O)NCCCc2ccco2)cc1. The van der Waals surface area contributed by atoms with E-state index >= 15 is 0 Å². The number of rotatable bonds is 9. The van der Waals surface area contributed by atoms with E-state index in [2.05, 4.69) is 10.6 Å². The lowest BCUT2D eigenvalue weighted by molar-refractivity contribution is -0.117. The maximum Gasteiger partial charge on any atom is 0.267 e. The second-order valence-corrected chi connectivity index (χ2v) is 6.19. The number of amides is 2. The Hall–Kier alpha value is -3.74. The Morgan fingerprint density at radius 2 is 1.79 bits per heavy atom. The minimum atomic E-state index is -0.406. The van der Waals surface area contributed by atoms with E-state index in [-0.39, 0.29) is 5.70 Å². The van der Waals surface area contributed by atoms with Gasteiger partial charge in [0.25, 0.3) is 11.8 Å². The number of carbonyl (C=O) groups excluding carboxylic acids is 2. The van der Waals surface area contributed by atoms with Crippen LogP contribution in [0.2, 0.25) is 0 Å². The standard InChI is InChI=1S/C22H22N2O5/c1-27-17-10-8-16(9-11-17)21(25)24-20(15-19-7-4-14-29-19)22(26)23-12-2-5-18-6-3-13-28-18/h3-4,6-11,13-15H,2,5,12H2,1H3,(H,23,26)(H,24,25)/b20-15-. The van der Waals surface area contributed by atoms with Crippen LogP contribution >= 0.6 is 0 Å². The van der Waals surface area contributed by atoms with E-state index in [0.717, 1.165) is 5.76 Å². The van der Waals surface area contributed by atoms with Crippen molar-refractivity contribution in [2.75, 3.05) is 13.7 Å². The Morgan fingerprint density at radius 1 is 1.03 bits per heavy atom. The van der Waals surface area contributed by atoms with Crippen LogP contribution in [-0.2, 0) is 11.2 Å². The lowest BCUT2D eigenvalue weighted by Crippen LogP contribution is -2.35. The molecule has 0 saturated carbocycles. The van der Waals surface area contributed by atoms with E-state index in [1.807, 2.05) is 12.1 Å². The van der Waals surface area contributed by atoms with Crippen molar-refractivity contribution >= 4 is 17.9 Å². The predicted octanol–water partition coefficient (Wildman–Crippen LogP) is 3.40. The van der Waals surface area contributed by atoms with Crippen molar-refractivity contribution in [1.29, 1.82) is 0 Å². The smallest absolute Gasteiger partial charge is 0.267 e. The van der Waals surface area contributed by atoms with Gasteiger partial charge in [-0.05, 0) is 55.0 Å². The molecule has 2 amide bonds. The first-order valence-electron chi connectivity index (χ1n) is 9.17. The molecule has 0 unspecified atom stereocenters. The molecule has 0 saturated heterocycles. The van der Waals surface area contributed by atoms with Crippen LogP contribution in [0.25, 0.3) is 6.08 Å². The molecule has 0 spiro atoms. The molecule has 3 rings (SSSR count). The molecular weight excluding hydrogens is 372 g/mol. The molecule has 0 atom stereocenters. The number of carbonyl (C=O) groups is 2. The minimum absolute atomic E-state index is 0.0961. The second kappa shape index (κ2) is 9.98. The molecule has 0 fully saturated rings. The van der Waals surface area contributed by atoms with Gasteiger partial charge in [0.05, 0.1) is 19.6 Å². The van der Waals surface area contributed by atoms with Crippen LogP contribution in [0.1, 0.15) is 28.3 Å². The Kier molecular flexibility index (Phi) is 6.89. The third-order valence-electron chi connectivity index (χ3n) is 4.14. The van der Waals surface area contributed by atoms with Gasteiger partial charge in [0, 0.05) is 24.6 Å². The summed E-state index contributed by atoms with van der Waals surface area (Å²) in [6.07, 6.45) is 6.02. The van der Waals surface area contributed by atoms with Crippen molar-refractivity contribution in [1.82, 2.24) is 10.6 Å². The highest BCUT2D eigenvalue weighted by molar-refractivity contribution is 6.05. The van der Waals surface area contributed by atoms with Crippen LogP contribution in [0.3, 0.4) is 0 Å². The summed E-state index contributed by atoms with van der Waals surface area (Å²) in [5.74, 6) is 1.15. The van der Waals surface area contributed by atoms with Gasteiger partial charge >= 0.3 is 0 Å². The molecule has 0 radical (unpaired) electrons. The number of ether oxygens (including phenoxy) is 1. The molecule has 0 bridgehead atoms. The number of aryl methyl sites for hydroxylation is 1. The van der Waals surface area contributed by atoms with Crippen molar-refractivity contribution in [3.63, 3.8) is 0 Å². The Labute approximate surface area is 168 Å². The Morgan fingerprint density at radius 3 is 2.45 bits per heavy atom. The van der Waals surface area contributed by atoms with Crippen LogP contribution in [-0.4, -0.2) is 25.5 Å². The van der Waals surface area contributed by atoms with Crippen LogP contribution in [0.4, 0.5) is 0 Å². The molecule has 29 heavy (non-hydrogen) atoms. The molecule has 3 aromatic rings. The van der Waals surface area contributed by atoms with Gasteiger partial charge in [-0.25, -0.2) is 0 Å². The summed E-state index contributed by atoms with van der Waals surface area (Å²) < 4.78 is 15.6. The number of furan rings is 2. The average Bonchev–Trinajstić information content (AvgIpc) is 3.45. The molecular formula is C22H22N2O5. The van der Waals surface area contributed by atoms with Gasteiger partial charge in [-0.1, -0.05) is 0 Å².